The summed E-state index contributed by atoms with van der Waals surface area (Å²) in [5.74, 6) is 0.678. The zero-order valence-corrected chi connectivity index (χ0v) is 14.6. The van der Waals surface area contributed by atoms with Crippen LogP contribution >= 0.6 is 11.6 Å². The fourth-order valence-electron chi connectivity index (χ4n) is 2.71. The lowest BCUT2D eigenvalue weighted by Crippen LogP contribution is -2.24. The van der Waals surface area contributed by atoms with Crippen molar-refractivity contribution in [3.63, 3.8) is 0 Å². The SMILES string of the molecule is CC(=O)NCCc1nc2ccccc2n1CC(=O)c1ccc(Cl)cc1. The van der Waals surface area contributed by atoms with Gasteiger partial charge in [-0.1, -0.05) is 23.7 Å². The number of fused-ring (bicyclic) bond motifs is 1. The largest absolute Gasteiger partial charge is 0.356 e. The molecular formula is C19H18ClN3O2. The van der Waals surface area contributed by atoms with Crippen molar-refractivity contribution in [2.75, 3.05) is 6.54 Å². The highest BCUT2D eigenvalue weighted by molar-refractivity contribution is 6.30. The summed E-state index contributed by atoms with van der Waals surface area (Å²) in [6.07, 6.45) is 0.558. The van der Waals surface area contributed by atoms with E-state index in [1.165, 1.54) is 6.92 Å². The number of aromatic nitrogens is 2. The van der Waals surface area contributed by atoms with E-state index in [0.717, 1.165) is 16.9 Å². The van der Waals surface area contributed by atoms with E-state index in [1.807, 2.05) is 28.8 Å². The van der Waals surface area contributed by atoms with E-state index in [4.69, 9.17) is 11.6 Å². The molecule has 6 heteroatoms. The molecule has 2 aromatic carbocycles. The van der Waals surface area contributed by atoms with E-state index < -0.39 is 0 Å². The number of benzene rings is 2. The monoisotopic (exact) mass is 355 g/mol. The number of carbonyl (C=O) groups excluding carboxylic acids is 2. The van der Waals surface area contributed by atoms with Gasteiger partial charge < -0.3 is 9.88 Å². The van der Waals surface area contributed by atoms with Gasteiger partial charge in [0.25, 0.3) is 0 Å². The van der Waals surface area contributed by atoms with Crippen LogP contribution < -0.4 is 5.32 Å². The lowest BCUT2D eigenvalue weighted by Gasteiger charge is -2.09. The zero-order valence-electron chi connectivity index (χ0n) is 13.8. The predicted octanol–water partition coefficient (Wildman–Crippen LogP) is 3.25. The second-order valence-electron chi connectivity index (χ2n) is 5.77. The van der Waals surface area contributed by atoms with Crippen molar-refractivity contribution in [2.24, 2.45) is 0 Å². The molecule has 0 atom stereocenters. The van der Waals surface area contributed by atoms with Crippen molar-refractivity contribution >= 4 is 34.3 Å². The van der Waals surface area contributed by atoms with Gasteiger partial charge in [-0.15, -0.1) is 0 Å². The molecule has 1 aromatic heterocycles. The average Bonchev–Trinajstić information content (AvgIpc) is 2.93. The maximum atomic E-state index is 12.6. The molecule has 128 valence electrons. The molecule has 1 heterocycles. The zero-order chi connectivity index (χ0) is 17.8. The van der Waals surface area contributed by atoms with Gasteiger partial charge in [-0.3, -0.25) is 9.59 Å². The minimum atomic E-state index is -0.0834. The number of ketones is 1. The van der Waals surface area contributed by atoms with Gasteiger partial charge in [0.2, 0.25) is 5.91 Å². The molecule has 0 bridgehead atoms. The first-order chi connectivity index (χ1) is 12.0. The highest BCUT2D eigenvalue weighted by atomic mass is 35.5. The average molecular weight is 356 g/mol. The number of Topliss-reactive ketones (excluding diaryl/α,β-unsaturated/α-hetero) is 1. The minimum Gasteiger partial charge on any atom is -0.356 e. The van der Waals surface area contributed by atoms with Crippen molar-refractivity contribution in [2.45, 2.75) is 19.9 Å². The van der Waals surface area contributed by atoms with E-state index in [1.54, 1.807) is 24.3 Å². The van der Waals surface area contributed by atoms with Gasteiger partial charge in [-0.2, -0.15) is 0 Å². The smallest absolute Gasteiger partial charge is 0.216 e. The van der Waals surface area contributed by atoms with Gasteiger partial charge in [0.15, 0.2) is 5.78 Å². The summed E-state index contributed by atoms with van der Waals surface area (Å²) in [6, 6.07) is 14.6. The molecule has 0 fully saturated rings. The summed E-state index contributed by atoms with van der Waals surface area (Å²) in [6.45, 7) is 2.15. The molecule has 0 spiro atoms. The number of nitrogens with zero attached hydrogens (tertiary/aromatic N) is 2. The Hall–Kier alpha value is -2.66. The topological polar surface area (TPSA) is 64.0 Å². The van der Waals surface area contributed by atoms with Crippen LogP contribution in [-0.2, 0) is 17.8 Å². The minimum absolute atomic E-state index is 0.0133. The second-order valence-corrected chi connectivity index (χ2v) is 6.20. The van der Waals surface area contributed by atoms with Gasteiger partial charge in [0.1, 0.15) is 5.82 Å². The Kier molecular flexibility index (Phi) is 5.14. The molecule has 1 amide bonds. The van der Waals surface area contributed by atoms with Gasteiger partial charge in [0.05, 0.1) is 17.6 Å². The van der Waals surface area contributed by atoms with Crippen LogP contribution in [0.25, 0.3) is 11.0 Å². The number of carbonyl (C=O) groups is 2. The molecule has 5 nitrogen and oxygen atoms in total. The van der Waals surface area contributed by atoms with E-state index >= 15 is 0 Å². The van der Waals surface area contributed by atoms with Crippen molar-refractivity contribution in [1.29, 1.82) is 0 Å². The van der Waals surface area contributed by atoms with Crippen LogP contribution in [0.2, 0.25) is 5.02 Å². The number of imidazole rings is 1. The van der Waals surface area contributed by atoms with Crippen LogP contribution in [0.15, 0.2) is 48.5 Å². The molecule has 3 aromatic rings. The highest BCUT2D eigenvalue weighted by Gasteiger charge is 2.14. The molecule has 0 saturated heterocycles. The Balaban J connectivity index is 1.88. The number of halogens is 1. The van der Waals surface area contributed by atoms with Gasteiger partial charge in [0, 0.05) is 30.5 Å². The van der Waals surface area contributed by atoms with Crippen LogP contribution in [0.1, 0.15) is 23.1 Å². The van der Waals surface area contributed by atoms with Crippen LogP contribution in [0, 0.1) is 0 Å². The van der Waals surface area contributed by atoms with Crippen molar-refractivity contribution < 1.29 is 9.59 Å². The first-order valence-electron chi connectivity index (χ1n) is 8.02. The fourth-order valence-corrected chi connectivity index (χ4v) is 2.84. The summed E-state index contributed by atoms with van der Waals surface area (Å²) in [7, 11) is 0. The van der Waals surface area contributed by atoms with E-state index in [0.29, 0.717) is 23.6 Å². The Bertz CT molecular complexity index is 916. The second kappa shape index (κ2) is 7.49. The lowest BCUT2D eigenvalue weighted by atomic mass is 10.1. The molecule has 25 heavy (non-hydrogen) atoms. The van der Waals surface area contributed by atoms with Gasteiger partial charge in [-0.25, -0.2) is 4.98 Å². The standard InChI is InChI=1S/C19H18ClN3O2/c1-13(24)21-11-10-19-22-16-4-2-3-5-17(16)23(19)12-18(25)14-6-8-15(20)9-7-14/h2-9H,10-12H2,1H3,(H,21,24). The first kappa shape index (κ1) is 17.2. The lowest BCUT2D eigenvalue weighted by molar-refractivity contribution is -0.118. The van der Waals surface area contributed by atoms with E-state index in [2.05, 4.69) is 10.3 Å². The number of hydrogen-bond donors (Lipinski definition) is 1. The summed E-state index contributed by atoms with van der Waals surface area (Å²) in [4.78, 5) is 28.3. The third kappa shape index (κ3) is 4.06. The quantitative estimate of drug-likeness (QED) is 0.690. The molecule has 0 aliphatic heterocycles. The molecule has 0 aliphatic rings. The maximum absolute atomic E-state index is 12.6. The molecule has 3 rings (SSSR count). The van der Waals surface area contributed by atoms with Crippen molar-refractivity contribution in [1.82, 2.24) is 14.9 Å². The fraction of sp³-hybridized carbons (Fsp3) is 0.211. The number of para-hydroxylation sites is 2. The number of amides is 1. The maximum Gasteiger partial charge on any atom is 0.216 e. The normalized spacial score (nSPS) is 10.8. The van der Waals surface area contributed by atoms with Gasteiger partial charge in [-0.05, 0) is 36.4 Å². The molecule has 0 saturated carbocycles. The van der Waals surface area contributed by atoms with Crippen LogP contribution in [0.4, 0.5) is 0 Å². The Morgan fingerprint density at radius 1 is 1.12 bits per heavy atom. The Labute approximate surface area is 150 Å². The van der Waals surface area contributed by atoms with Crippen LogP contribution in [0.3, 0.4) is 0 Å². The van der Waals surface area contributed by atoms with E-state index in [-0.39, 0.29) is 18.2 Å². The molecule has 0 aliphatic carbocycles. The third-order valence-corrected chi connectivity index (χ3v) is 4.18. The highest BCUT2D eigenvalue weighted by Crippen LogP contribution is 2.18. The molecule has 0 radical (unpaired) electrons. The number of hydrogen-bond acceptors (Lipinski definition) is 3. The summed E-state index contributed by atoms with van der Waals surface area (Å²) >= 11 is 5.88. The molecule has 1 N–H and O–H groups in total. The number of nitrogens with one attached hydrogen (secondary N) is 1. The molecular weight excluding hydrogens is 338 g/mol. The van der Waals surface area contributed by atoms with Crippen LogP contribution in [-0.4, -0.2) is 27.8 Å². The summed E-state index contributed by atoms with van der Waals surface area (Å²) in [5.41, 5.74) is 2.35. The summed E-state index contributed by atoms with van der Waals surface area (Å²) in [5, 5.41) is 3.36. The summed E-state index contributed by atoms with van der Waals surface area (Å²) < 4.78 is 1.91. The van der Waals surface area contributed by atoms with Crippen LogP contribution in [0.5, 0.6) is 0 Å². The van der Waals surface area contributed by atoms with Gasteiger partial charge >= 0.3 is 0 Å². The number of rotatable bonds is 6. The predicted molar refractivity (Wildman–Crippen MR) is 97.9 cm³/mol. The van der Waals surface area contributed by atoms with Crippen molar-refractivity contribution in [3.05, 3.63) is 64.9 Å². The Morgan fingerprint density at radius 2 is 1.84 bits per heavy atom. The van der Waals surface area contributed by atoms with Crippen molar-refractivity contribution in [3.8, 4) is 0 Å². The van der Waals surface area contributed by atoms with E-state index in [9.17, 15) is 9.59 Å². The third-order valence-electron chi connectivity index (χ3n) is 3.92. The molecule has 0 unspecified atom stereocenters. The first-order valence-corrected chi connectivity index (χ1v) is 8.40. The Morgan fingerprint density at radius 3 is 2.56 bits per heavy atom.